The molecule has 18 heteroatoms. The van der Waals surface area contributed by atoms with Crippen LogP contribution >= 0.6 is 0 Å². The molecule has 292 valence electrons. The first-order valence-electron chi connectivity index (χ1n) is 17.1. The molecule has 2 aromatic rings. The van der Waals surface area contributed by atoms with E-state index in [1.54, 1.807) is 12.1 Å². The summed E-state index contributed by atoms with van der Waals surface area (Å²) in [6, 6.07) is 6.14. The number of aliphatic carboxylic acids is 1. The van der Waals surface area contributed by atoms with Gasteiger partial charge in [-0.3, -0.25) is 19.2 Å². The Bertz CT molecular complexity index is 1360. The normalized spacial score (nSPS) is 11.0. The molecule has 2 rings (SSSR count). The molecule has 0 saturated heterocycles. The van der Waals surface area contributed by atoms with Crippen molar-refractivity contribution in [1.82, 2.24) is 16.0 Å². The summed E-state index contributed by atoms with van der Waals surface area (Å²) in [5.74, 6) is -1.52. The molecular weight excluding hydrogens is 690 g/mol. The minimum absolute atomic E-state index is 0.0390. The minimum atomic E-state index is -0.905. The van der Waals surface area contributed by atoms with Gasteiger partial charge >= 0.3 is 11.6 Å². The van der Waals surface area contributed by atoms with Crippen molar-refractivity contribution in [2.24, 2.45) is 0 Å². The quantitative estimate of drug-likeness (QED) is 0.0425. The van der Waals surface area contributed by atoms with Crippen LogP contribution in [-0.4, -0.2) is 148 Å². The minimum Gasteiger partial charge on any atom is -0.484 e. The maximum atomic E-state index is 12.6. The highest BCUT2D eigenvalue weighted by Gasteiger charge is 2.14. The Morgan fingerprint density at radius 2 is 1.23 bits per heavy atom. The summed E-state index contributed by atoms with van der Waals surface area (Å²) in [6.45, 7) is 6.08. The van der Waals surface area contributed by atoms with E-state index >= 15 is 0 Å². The van der Waals surface area contributed by atoms with Crippen molar-refractivity contribution in [1.29, 1.82) is 0 Å². The van der Waals surface area contributed by atoms with Crippen molar-refractivity contribution >= 4 is 35.2 Å². The number of carbonyl (C=O) groups excluding carboxylic acids is 3. The van der Waals surface area contributed by atoms with Gasteiger partial charge in [0.1, 0.15) is 16.9 Å². The fraction of sp³-hybridized carbons (Fsp3) is 0.618. The molecule has 1 aromatic carbocycles. The topological polar surface area (TPSA) is 229 Å². The number of fused-ring (bicyclic) bond motifs is 1. The third-order valence-corrected chi connectivity index (χ3v) is 6.65. The molecule has 0 bridgehead atoms. The number of ether oxygens (including phenoxy) is 8. The SMILES string of the molecule is O=CNCCCOCCOCCOCCCNC(=O)c1cc2ccc(OCC(=O)NCCOCCOCCOCCOCCC(=O)O)cc2oc1=O. The standard InChI is InChI=1S/C34H51N3O15/c38-26-35-6-1-9-44-13-17-48-18-14-45-10-2-7-37-33(42)29-23-27-3-4-28(24-30(27)52-34(29)43)51-25-31(39)36-8-12-47-16-20-50-22-21-49-19-15-46-11-5-32(40)41/h3-4,23-24,26H,1-2,5-22,25H2,(H,35,38)(H,36,39)(H,37,42)(H,40,41). The number of carboxylic acid groups (broad SMARTS) is 1. The Morgan fingerprint density at radius 3 is 1.83 bits per heavy atom. The van der Waals surface area contributed by atoms with E-state index in [1.165, 1.54) is 12.1 Å². The first kappa shape index (κ1) is 44.0. The van der Waals surface area contributed by atoms with Crippen molar-refractivity contribution in [3.63, 3.8) is 0 Å². The number of hydrogen-bond donors (Lipinski definition) is 4. The van der Waals surface area contributed by atoms with Gasteiger partial charge in [0.2, 0.25) is 6.41 Å². The van der Waals surface area contributed by atoms with Crippen LogP contribution in [0.3, 0.4) is 0 Å². The zero-order chi connectivity index (χ0) is 37.5. The van der Waals surface area contributed by atoms with Crippen LogP contribution in [-0.2, 0) is 47.5 Å². The van der Waals surface area contributed by atoms with Gasteiger partial charge < -0.3 is 63.4 Å². The highest BCUT2D eigenvalue weighted by Crippen LogP contribution is 2.20. The maximum absolute atomic E-state index is 12.6. The van der Waals surface area contributed by atoms with Gasteiger partial charge in [0.25, 0.3) is 11.8 Å². The molecule has 0 atom stereocenters. The molecule has 0 aliphatic carbocycles. The van der Waals surface area contributed by atoms with E-state index in [0.717, 1.165) is 6.42 Å². The maximum Gasteiger partial charge on any atom is 0.349 e. The summed E-state index contributed by atoms with van der Waals surface area (Å²) in [6.07, 6.45) is 1.89. The molecule has 0 radical (unpaired) electrons. The first-order valence-corrected chi connectivity index (χ1v) is 17.1. The summed E-state index contributed by atoms with van der Waals surface area (Å²) < 4.78 is 48.3. The second kappa shape index (κ2) is 29.4. The number of rotatable bonds is 34. The van der Waals surface area contributed by atoms with Gasteiger partial charge in [0, 0.05) is 44.3 Å². The molecule has 4 N–H and O–H groups in total. The molecule has 0 spiro atoms. The van der Waals surface area contributed by atoms with Crippen LogP contribution in [0.4, 0.5) is 0 Å². The van der Waals surface area contributed by atoms with Crippen molar-refractivity contribution in [2.75, 3.05) is 119 Å². The molecule has 0 aliphatic rings. The Labute approximate surface area is 301 Å². The van der Waals surface area contributed by atoms with E-state index in [2.05, 4.69) is 16.0 Å². The van der Waals surface area contributed by atoms with E-state index in [9.17, 15) is 24.0 Å². The van der Waals surface area contributed by atoms with Crippen LogP contribution in [0.2, 0.25) is 0 Å². The van der Waals surface area contributed by atoms with E-state index in [0.29, 0.717) is 116 Å². The fourth-order valence-corrected chi connectivity index (χ4v) is 4.07. The van der Waals surface area contributed by atoms with E-state index in [1.807, 2.05) is 0 Å². The Balaban J connectivity index is 1.50. The van der Waals surface area contributed by atoms with Crippen molar-refractivity contribution in [3.05, 3.63) is 40.2 Å². The highest BCUT2D eigenvalue weighted by atomic mass is 16.6. The zero-order valence-electron chi connectivity index (χ0n) is 29.4. The van der Waals surface area contributed by atoms with Crippen LogP contribution in [0, 0.1) is 0 Å². The fourth-order valence-electron chi connectivity index (χ4n) is 4.07. The lowest BCUT2D eigenvalue weighted by atomic mass is 10.1. The van der Waals surface area contributed by atoms with E-state index in [-0.39, 0.29) is 49.8 Å². The first-order chi connectivity index (χ1) is 25.4. The third-order valence-electron chi connectivity index (χ3n) is 6.65. The number of carbonyl (C=O) groups is 4. The average Bonchev–Trinajstić information content (AvgIpc) is 3.13. The van der Waals surface area contributed by atoms with Crippen LogP contribution in [0.25, 0.3) is 11.0 Å². The predicted octanol–water partition coefficient (Wildman–Crippen LogP) is 0.135. The summed E-state index contributed by atoms with van der Waals surface area (Å²) in [7, 11) is 0. The average molecular weight is 742 g/mol. The van der Waals surface area contributed by atoms with Crippen LogP contribution in [0.15, 0.2) is 33.5 Å². The molecule has 1 aromatic heterocycles. The number of nitrogens with one attached hydrogen (secondary N) is 3. The number of benzene rings is 1. The molecule has 18 nitrogen and oxygen atoms in total. The summed E-state index contributed by atoms with van der Waals surface area (Å²) in [5.41, 5.74) is -0.725. The van der Waals surface area contributed by atoms with Crippen molar-refractivity contribution in [3.8, 4) is 5.75 Å². The number of hydrogen-bond acceptors (Lipinski definition) is 14. The molecule has 3 amide bonds. The highest BCUT2D eigenvalue weighted by molar-refractivity contribution is 5.96. The van der Waals surface area contributed by atoms with Gasteiger partial charge in [-0.15, -0.1) is 0 Å². The van der Waals surface area contributed by atoms with Crippen LogP contribution in [0.5, 0.6) is 5.75 Å². The van der Waals surface area contributed by atoms with Gasteiger partial charge in [-0.2, -0.15) is 0 Å². The zero-order valence-corrected chi connectivity index (χ0v) is 29.4. The molecule has 0 saturated carbocycles. The van der Waals surface area contributed by atoms with Gasteiger partial charge in [0.05, 0.1) is 85.7 Å². The van der Waals surface area contributed by atoms with Crippen molar-refractivity contribution < 1.29 is 66.6 Å². The molecule has 0 unspecified atom stereocenters. The molecular formula is C34H51N3O15. The monoisotopic (exact) mass is 741 g/mol. The van der Waals surface area contributed by atoms with Crippen LogP contribution in [0.1, 0.15) is 29.6 Å². The Kier molecular flexibility index (Phi) is 24.9. The lowest BCUT2D eigenvalue weighted by Gasteiger charge is -2.09. The van der Waals surface area contributed by atoms with Gasteiger partial charge in [-0.1, -0.05) is 0 Å². The largest absolute Gasteiger partial charge is 0.484 e. The number of amides is 3. The lowest BCUT2D eigenvalue weighted by molar-refractivity contribution is -0.138. The summed E-state index contributed by atoms with van der Waals surface area (Å²) >= 11 is 0. The molecule has 0 aliphatic heterocycles. The van der Waals surface area contributed by atoms with Gasteiger partial charge in [-0.05, 0) is 31.0 Å². The molecule has 1 heterocycles. The summed E-state index contributed by atoms with van der Waals surface area (Å²) in [4.78, 5) is 57.7. The summed E-state index contributed by atoms with van der Waals surface area (Å²) in [5, 5.41) is 16.9. The van der Waals surface area contributed by atoms with Gasteiger partial charge in [0.15, 0.2) is 6.61 Å². The predicted molar refractivity (Wildman–Crippen MR) is 185 cm³/mol. The van der Waals surface area contributed by atoms with Crippen LogP contribution < -0.4 is 26.3 Å². The van der Waals surface area contributed by atoms with E-state index < -0.39 is 17.5 Å². The second-order valence-corrected chi connectivity index (χ2v) is 10.8. The third kappa shape index (κ3) is 21.9. The molecule has 52 heavy (non-hydrogen) atoms. The van der Waals surface area contributed by atoms with Gasteiger partial charge in [-0.25, -0.2) is 4.79 Å². The lowest BCUT2D eigenvalue weighted by Crippen LogP contribution is -2.32. The Hall–Kier alpha value is -4.17. The Morgan fingerprint density at radius 1 is 0.673 bits per heavy atom. The van der Waals surface area contributed by atoms with E-state index in [4.69, 9.17) is 47.4 Å². The number of carboxylic acids is 1. The van der Waals surface area contributed by atoms with Crippen molar-refractivity contribution in [2.45, 2.75) is 19.3 Å². The smallest absolute Gasteiger partial charge is 0.349 e. The second-order valence-electron chi connectivity index (χ2n) is 10.8. The molecule has 0 fully saturated rings.